The summed E-state index contributed by atoms with van der Waals surface area (Å²) in [7, 11) is 0. The average molecular weight is 397 g/mol. The lowest BCUT2D eigenvalue weighted by molar-refractivity contribution is -0.0578. The molecule has 0 heterocycles. The standard InChI is InChI=1S/C29H48/c1-7-22(20(2)3)12-11-21(4)25-15-16-26-24-14-13-23-10-8-9-18-28(23,5)27(24)17-19-29(25,26)6/h8,20-22,24-27H,7,9,11-19H2,1-6H3/t21-,22-,24+,25-,26+,27+,28+,29-/m1/s1. The van der Waals surface area contributed by atoms with Gasteiger partial charge in [0.2, 0.25) is 0 Å². The van der Waals surface area contributed by atoms with Crippen LogP contribution in [-0.2, 0) is 0 Å². The first-order chi connectivity index (χ1) is 13.8. The first kappa shape index (κ1) is 21.7. The van der Waals surface area contributed by atoms with Crippen molar-refractivity contribution in [2.24, 2.45) is 52.3 Å². The fraction of sp³-hybridized carbons (Fsp3) is 0.897. The SMILES string of the molecule is CC[C@H](CC[C@@H](C)[C@H]1CC[C@H]2[C@@H]3CCC4=C=CCC[C@]4(C)[C@H]3CC[C@]12C)C(C)C. The zero-order valence-electron chi connectivity index (χ0n) is 20.4. The van der Waals surface area contributed by atoms with Crippen molar-refractivity contribution in [3.8, 4) is 0 Å². The maximum atomic E-state index is 3.72. The minimum atomic E-state index is 0.480. The normalized spacial score (nSPS) is 43.3. The van der Waals surface area contributed by atoms with Crippen LogP contribution in [-0.4, -0.2) is 0 Å². The van der Waals surface area contributed by atoms with Crippen LogP contribution in [0.2, 0.25) is 0 Å². The van der Waals surface area contributed by atoms with Crippen LogP contribution in [0.5, 0.6) is 0 Å². The van der Waals surface area contributed by atoms with E-state index in [0.717, 1.165) is 41.4 Å². The summed E-state index contributed by atoms with van der Waals surface area (Å²) < 4.78 is 0. The highest BCUT2D eigenvalue weighted by molar-refractivity contribution is 5.24. The van der Waals surface area contributed by atoms with E-state index in [1.54, 1.807) is 5.57 Å². The van der Waals surface area contributed by atoms with Crippen molar-refractivity contribution in [2.45, 2.75) is 112 Å². The second kappa shape index (κ2) is 8.22. The van der Waals surface area contributed by atoms with Gasteiger partial charge in [0, 0.05) is 0 Å². The highest BCUT2D eigenvalue weighted by atomic mass is 14.6. The Hall–Kier alpha value is -0.480. The van der Waals surface area contributed by atoms with Crippen molar-refractivity contribution in [2.75, 3.05) is 0 Å². The molecule has 29 heavy (non-hydrogen) atoms. The summed E-state index contributed by atoms with van der Waals surface area (Å²) >= 11 is 0. The van der Waals surface area contributed by atoms with E-state index in [1.165, 1.54) is 70.6 Å². The molecule has 0 amide bonds. The Morgan fingerprint density at radius 2 is 1.79 bits per heavy atom. The first-order valence-corrected chi connectivity index (χ1v) is 13.3. The molecule has 164 valence electrons. The zero-order valence-corrected chi connectivity index (χ0v) is 20.4. The predicted octanol–water partition coefficient (Wildman–Crippen LogP) is 8.82. The van der Waals surface area contributed by atoms with Crippen LogP contribution in [0, 0.1) is 52.3 Å². The summed E-state index contributed by atoms with van der Waals surface area (Å²) in [4.78, 5) is 0. The first-order valence-electron chi connectivity index (χ1n) is 13.3. The summed E-state index contributed by atoms with van der Waals surface area (Å²) in [6.07, 6.45) is 18.1. The van der Waals surface area contributed by atoms with E-state index in [4.69, 9.17) is 0 Å². The summed E-state index contributed by atoms with van der Waals surface area (Å²) in [5.74, 6) is 6.63. The molecule has 0 aliphatic heterocycles. The molecule has 0 N–H and O–H groups in total. The Bertz CT molecular complexity index is 649. The highest BCUT2D eigenvalue weighted by Crippen LogP contribution is 2.67. The van der Waals surface area contributed by atoms with Crippen LogP contribution in [0.15, 0.2) is 17.4 Å². The number of allylic oxidation sites excluding steroid dienone is 1. The molecule has 0 aromatic carbocycles. The van der Waals surface area contributed by atoms with Gasteiger partial charge in [0.1, 0.15) is 0 Å². The number of rotatable bonds is 6. The fourth-order valence-corrected chi connectivity index (χ4v) is 9.10. The van der Waals surface area contributed by atoms with Crippen LogP contribution >= 0.6 is 0 Å². The van der Waals surface area contributed by atoms with Gasteiger partial charge >= 0.3 is 0 Å². The van der Waals surface area contributed by atoms with Crippen molar-refractivity contribution in [1.82, 2.24) is 0 Å². The molecular weight excluding hydrogens is 348 g/mol. The largest absolute Gasteiger partial charge is 0.126 e. The van der Waals surface area contributed by atoms with Gasteiger partial charge in [-0.05, 0) is 122 Å². The van der Waals surface area contributed by atoms with Crippen LogP contribution in [0.25, 0.3) is 0 Å². The Morgan fingerprint density at radius 1 is 1.00 bits per heavy atom. The van der Waals surface area contributed by atoms with Crippen molar-refractivity contribution >= 4 is 0 Å². The zero-order chi connectivity index (χ0) is 20.8. The van der Waals surface area contributed by atoms with Gasteiger partial charge in [0.05, 0.1) is 0 Å². The third-order valence-electron chi connectivity index (χ3n) is 11.0. The lowest BCUT2D eigenvalue weighted by atomic mass is 9.47. The van der Waals surface area contributed by atoms with Gasteiger partial charge in [-0.15, -0.1) is 5.73 Å². The van der Waals surface area contributed by atoms with Crippen molar-refractivity contribution < 1.29 is 0 Å². The second-order valence-electron chi connectivity index (χ2n) is 12.4. The van der Waals surface area contributed by atoms with Crippen molar-refractivity contribution in [3.63, 3.8) is 0 Å². The molecule has 4 aliphatic rings. The minimum Gasteiger partial charge on any atom is -0.126 e. The van der Waals surface area contributed by atoms with Crippen molar-refractivity contribution in [1.29, 1.82) is 0 Å². The molecule has 0 unspecified atom stereocenters. The fourth-order valence-electron chi connectivity index (χ4n) is 9.10. The summed E-state index contributed by atoms with van der Waals surface area (Å²) in [6.45, 7) is 15.2. The molecule has 0 saturated heterocycles. The molecular formula is C29H48. The average Bonchev–Trinajstić information content (AvgIpc) is 3.05. The molecule has 0 aromatic rings. The number of hydrogen-bond acceptors (Lipinski definition) is 0. The van der Waals surface area contributed by atoms with Gasteiger partial charge in [-0.3, -0.25) is 0 Å². The van der Waals surface area contributed by atoms with E-state index in [9.17, 15) is 0 Å². The molecule has 0 radical (unpaired) electrons. The van der Waals surface area contributed by atoms with Gasteiger partial charge in [0.15, 0.2) is 0 Å². The van der Waals surface area contributed by atoms with E-state index in [-0.39, 0.29) is 0 Å². The topological polar surface area (TPSA) is 0 Å². The molecule has 3 fully saturated rings. The van der Waals surface area contributed by atoms with Gasteiger partial charge in [0.25, 0.3) is 0 Å². The van der Waals surface area contributed by atoms with E-state index < -0.39 is 0 Å². The maximum Gasteiger partial charge on any atom is -0.000653 e. The Kier molecular flexibility index (Phi) is 6.16. The summed E-state index contributed by atoms with van der Waals surface area (Å²) in [6, 6.07) is 0. The van der Waals surface area contributed by atoms with Crippen LogP contribution in [0.3, 0.4) is 0 Å². The smallest absolute Gasteiger partial charge is 0.000653 e. The molecule has 0 heteroatoms. The molecule has 4 aliphatic carbocycles. The van der Waals surface area contributed by atoms with Gasteiger partial charge < -0.3 is 0 Å². The lowest BCUT2D eigenvalue weighted by Gasteiger charge is -2.58. The molecule has 0 aromatic heterocycles. The van der Waals surface area contributed by atoms with E-state index in [0.29, 0.717) is 10.8 Å². The summed E-state index contributed by atoms with van der Waals surface area (Å²) in [5, 5.41) is 0. The van der Waals surface area contributed by atoms with Crippen LogP contribution in [0.1, 0.15) is 112 Å². The van der Waals surface area contributed by atoms with Crippen molar-refractivity contribution in [3.05, 3.63) is 17.4 Å². The van der Waals surface area contributed by atoms with E-state index in [1.807, 2.05) is 0 Å². The third kappa shape index (κ3) is 3.60. The van der Waals surface area contributed by atoms with Crippen LogP contribution < -0.4 is 0 Å². The molecule has 0 bridgehead atoms. The minimum absolute atomic E-state index is 0.480. The number of hydrogen-bond donors (Lipinski definition) is 0. The molecule has 0 nitrogen and oxygen atoms in total. The predicted molar refractivity (Wildman–Crippen MR) is 126 cm³/mol. The summed E-state index contributed by atoms with van der Waals surface area (Å²) in [5.41, 5.74) is 6.52. The quantitative estimate of drug-likeness (QED) is 0.393. The highest BCUT2D eigenvalue weighted by Gasteiger charge is 2.59. The molecule has 4 rings (SSSR count). The molecule has 0 spiro atoms. The van der Waals surface area contributed by atoms with Gasteiger partial charge in [-0.25, -0.2) is 0 Å². The van der Waals surface area contributed by atoms with E-state index >= 15 is 0 Å². The van der Waals surface area contributed by atoms with E-state index in [2.05, 4.69) is 53.3 Å². The third-order valence-corrected chi connectivity index (χ3v) is 11.0. The lowest BCUT2D eigenvalue weighted by Crippen LogP contribution is -2.50. The van der Waals surface area contributed by atoms with Gasteiger partial charge in [-0.2, -0.15) is 0 Å². The monoisotopic (exact) mass is 396 g/mol. The molecule has 8 atom stereocenters. The maximum absolute atomic E-state index is 3.72. The second-order valence-corrected chi connectivity index (χ2v) is 12.4. The Labute approximate surface area is 182 Å². The van der Waals surface area contributed by atoms with Crippen LogP contribution in [0.4, 0.5) is 0 Å². The van der Waals surface area contributed by atoms with Gasteiger partial charge in [-0.1, -0.05) is 54.4 Å². The Balaban J connectivity index is 1.47. The number of fused-ring (bicyclic) bond motifs is 5. The molecule has 3 saturated carbocycles. The Morgan fingerprint density at radius 3 is 2.52 bits per heavy atom.